The number of hydrogen-bond acceptors (Lipinski definition) is 2. The highest BCUT2D eigenvalue weighted by molar-refractivity contribution is 6.02. The minimum atomic E-state index is -0.237. The number of esters is 1. The summed E-state index contributed by atoms with van der Waals surface area (Å²) in [4.78, 5) is 15.0. The lowest BCUT2D eigenvalue weighted by Gasteiger charge is -2.05. The zero-order valence-corrected chi connectivity index (χ0v) is 10.7. The van der Waals surface area contributed by atoms with Crippen LogP contribution < -0.4 is 0 Å². The van der Waals surface area contributed by atoms with Gasteiger partial charge in [0.15, 0.2) is 0 Å². The second kappa shape index (κ2) is 6.24. The minimum Gasteiger partial charge on any atom is -0.462 e. The molecule has 1 aromatic carbocycles. The van der Waals surface area contributed by atoms with E-state index in [4.69, 9.17) is 4.74 Å². The SMILES string of the molecule is CCCCCCOC(=O)c1cccc2cc[nH]c12. The van der Waals surface area contributed by atoms with E-state index in [9.17, 15) is 4.79 Å². The molecular formula is C15H19NO2. The van der Waals surface area contributed by atoms with Crippen LogP contribution in [0.15, 0.2) is 30.5 Å². The van der Waals surface area contributed by atoms with Gasteiger partial charge in [-0.25, -0.2) is 4.79 Å². The molecule has 0 aliphatic heterocycles. The molecule has 0 saturated carbocycles. The number of carbonyl (C=O) groups excluding carboxylic acids is 1. The van der Waals surface area contributed by atoms with E-state index in [-0.39, 0.29) is 5.97 Å². The van der Waals surface area contributed by atoms with Gasteiger partial charge in [0.1, 0.15) is 0 Å². The van der Waals surface area contributed by atoms with Crippen LogP contribution in [0.25, 0.3) is 10.9 Å². The number of carbonyl (C=O) groups is 1. The molecule has 0 aliphatic rings. The van der Waals surface area contributed by atoms with Crippen LogP contribution in [0, 0.1) is 0 Å². The zero-order chi connectivity index (χ0) is 12.8. The van der Waals surface area contributed by atoms with Crippen LogP contribution in [0.3, 0.4) is 0 Å². The summed E-state index contributed by atoms with van der Waals surface area (Å²) in [6.07, 6.45) is 6.29. The standard InChI is InChI=1S/C15H19NO2/c1-2-3-4-5-11-18-15(17)13-8-6-7-12-9-10-16-14(12)13/h6-10,16H,2-5,11H2,1H3. The summed E-state index contributed by atoms with van der Waals surface area (Å²) in [5.74, 6) is -0.237. The van der Waals surface area contributed by atoms with Crippen LogP contribution in [-0.4, -0.2) is 17.6 Å². The summed E-state index contributed by atoms with van der Waals surface area (Å²) in [5.41, 5.74) is 1.48. The molecule has 0 unspecified atom stereocenters. The number of rotatable bonds is 6. The Hall–Kier alpha value is -1.77. The predicted molar refractivity (Wildman–Crippen MR) is 72.7 cm³/mol. The number of hydrogen-bond donors (Lipinski definition) is 1. The van der Waals surface area contributed by atoms with Gasteiger partial charge in [-0.3, -0.25) is 0 Å². The first-order chi connectivity index (χ1) is 8.83. The summed E-state index contributed by atoms with van der Waals surface area (Å²) >= 11 is 0. The lowest BCUT2D eigenvalue weighted by molar-refractivity contribution is 0.0500. The molecule has 0 saturated heterocycles. The van der Waals surface area contributed by atoms with E-state index in [0.29, 0.717) is 12.2 Å². The Morgan fingerprint density at radius 1 is 1.22 bits per heavy atom. The first-order valence-electron chi connectivity index (χ1n) is 6.56. The minimum absolute atomic E-state index is 0.237. The monoisotopic (exact) mass is 245 g/mol. The second-order valence-corrected chi connectivity index (χ2v) is 4.44. The average molecular weight is 245 g/mol. The molecule has 0 bridgehead atoms. The topological polar surface area (TPSA) is 42.1 Å². The zero-order valence-electron chi connectivity index (χ0n) is 10.7. The van der Waals surface area contributed by atoms with Crippen LogP contribution in [0.4, 0.5) is 0 Å². The van der Waals surface area contributed by atoms with Gasteiger partial charge in [0.25, 0.3) is 0 Å². The van der Waals surface area contributed by atoms with E-state index in [0.717, 1.165) is 23.7 Å². The maximum atomic E-state index is 11.9. The lowest BCUT2D eigenvalue weighted by atomic mass is 10.1. The number of para-hydroxylation sites is 1. The molecule has 3 heteroatoms. The van der Waals surface area contributed by atoms with Crippen molar-refractivity contribution in [2.24, 2.45) is 0 Å². The van der Waals surface area contributed by atoms with Crippen LogP contribution in [0.2, 0.25) is 0 Å². The molecule has 0 aliphatic carbocycles. The lowest BCUT2D eigenvalue weighted by Crippen LogP contribution is -2.07. The van der Waals surface area contributed by atoms with Gasteiger partial charge in [-0.1, -0.05) is 38.3 Å². The average Bonchev–Trinajstić information content (AvgIpc) is 2.86. The van der Waals surface area contributed by atoms with Crippen LogP contribution in [0.1, 0.15) is 43.0 Å². The number of fused-ring (bicyclic) bond motifs is 1. The van der Waals surface area contributed by atoms with Crippen LogP contribution in [-0.2, 0) is 4.74 Å². The van der Waals surface area contributed by atoms with Crippen molar-refractivity contribution in [3.05, 3.63) is 36.0 Å². The summed E-state index contributed by atoms with van der Waals surface area (Å²) in [7, 11) is 0. The maximum Gasteiger partial charge on any atom is 0.340 e. The fourth-order valence-electron chi connectivity index (χ4n) is 2.03. The van der Waals surface area contributed by atoms with Crippen molar-refractivity contribution >= 4 is 16.9 Å². The first kappa shape index (κ1) is 12.7. The summed E-state index contributed by atoms with van der Waals surface area (Å²) < 4.78 is 5.29. The number of unbranched alkanes of at least 4 members (excludes halogenated alkanes) is 3. The van der Waals surface area contributed by atoms with Gasteiger partial charge in [0, 0.05) is 11.6 Å². The number of aromatic nitrogens is 1. The van der Waals surface area contributed by atoms with E-state index in [1.807, 2.05) is 24.4 Å². The van der Waals surface area contributed by atoms with Crippen LogP contribution in [0.5, 0.6) is 0 Å². The number of nitrogens with one attached hydrogen (secondary N) is 1. The number of aromatic amines is 1. The maximum absolute atomic E-state index is 11.9. The fourth-order valence-corrected chi connectivity index (χ4v) is 2.03. The Bertz CT molecular complexity index is 516. The molecule has 96 valence electrons. The van der Waals surface area contributed by atoms with E-state index in [1.165, 1.54) is 12.8 Å². The molecule has 0 radical (unpaired) electrons. The van der Waals surface area contributed by atoms with Gasteiger partial charge in [-0.2, -0.15) is 0 Å². The third-order valence-corrected chi connectivity index (χ3v) is 3.04. The first-order valence-corrected chi connectivity index (χ1v) is 6.56. The molecule has 2 rings (SSSR count). The highest BCUT2D eigenvalue weighted by atomic mass is 16.5. The van der Waals surface area contributed by atoms with Crippen molar-refractivity contribution in [2.45, 2.75) is 32.6 Å². The molecule has 1 N–H and O–H groups in total. The Morgan fingerprint density at radius 3 is 2.94 bits per heavy atom. The molecule has 2 aromatic rings. The third-order valence-electron chi connectivity index (χ3n) is 3.04. The summed E-state index contributed by atoms with van der Waals surface area (Å²) in [6.45, 7) is 2.67. The molecule has 3 nitrogen and oxygen atoms in total. The second-order valence-electron chi connectivity index (χ2n) is 4.44. The quantitative estimate of drug-likeness (QED) is 0.619. The normalized spacial score (nSPS) is 10.7. The summed E-state index contributed by atoms with van der Waals surface area (Å²) in [6, 6.07) is 7.61. The molecule has 0 spiro atoms. The van der Waals surface area contributed by atoms with E-state index in [2.05, 4.69) is 11.9 Å². The largest absolute Gasteiger partial charge is 0.462 e. The number of H-pyrrole nitrogens is 1. The van der Waals surface area contributed by atoms with Crippen molar-refractivity contribution in [3.63, 3.8) is 0 Å². The predicted octanol–water partition coefficient (Wildman–Crippen LogP) is 3.91. The van der Waals surface area contributed by atoms with Crippen molar-refractivity contribution in [2.75, 3.05) is 6.61 Å². The molecular weight excluding hydrogens is 226 g/mol. The van der Waals surface area contributed by atoms with E-state index < -0.39 is 0 Å². The van der Waals surface area contributed by atoms with Gasteiger partial charge in [-0.05, 0) is 18.6 Å². The molecule has 0 atom stereocenters. The molecule has 0 amide bonds. The van der Waals surface area contributed by atoms with Crippen molar-refractivity contribution < 1.29 is 9.53 Å². The van der Waals surface area contributed by atoms with Gasteiger partial charge in [-0.15, -0.1) is 0 Å². The van der Waals surface area contributed by atoms with Gasteiger partial charge >= 0.3 is 5.97 Å². The van der Waals surface area contributed by atoms with Crippen molar-refractivity contribution in [3.8, 4) is 0 Å². The Labute approximate surface area is 107 Å². The molecule has 0 fully saturated rings. The van der Waals surface area contributed by atoms with Gasteiger partial charge in [0.05, 0.1) is 17.7 Å². The van der Waals surface area contributed by atoms with Gasteiger partial charge in [0.2, 0.25) is 0 Å². The number of ether oxygens (including phenoxy) is 1. The molecule has 18 heavy (non-hydrogen) atoms. The van der Waals surface area contributed by atoms with Crippen molar-refractivity contribution in [1.29, 1.82) is 0 Å². The fraction of sp³-hybridized carbons (Fsp3) is 0.400. The van der Waals surface area contributed by atoms with Crippen LogP contribution >= 0.6 is 0 Å². The highest BCUT2D eigenvalue weighted by Gasteiger charge is 2.11. The molecule has 1 aromatic heterocycles. The van der Waals surface area contributed by atoms with E-state index in [1.54, 1.807) is 6.07 Å². The smallest absolute Gasteiger partial charge is 0.340 e. The van der Waals surface area contributed by atoms with Gasteiger partial charge < -0.3 is 9.72 Å². The molecule has 1 heterocycles. The van der Waals surface area contributed by atoms with E-state index >= 15 is 0 Å². The van der Waals surface area contributed by atoms with Crippen molar-refractivity contribution in [1.82, 2.24) is 4.98 Å². The highest BCUT2D eigenvalue weighted by Crippen LogP contribution is 2.17. The number of benzene rings is 1. The Kier molecular flexibility index (Phi) is 4.40. The Balaban J connectivity index is 1.94. The third kappa shape index (κ3) is 2.92. The summed E-state index contributed by atoms with van der Waals surface area (Å²) in [5, 5.41) is 1.04. The Morgan fingerprint density at radius 2 is 2.11 bits per heavy atom.